The molecule has 0 amide bonds. The SMILES string of the molecule is C[C@H](C=CCCCO[Si](C)(C)C(C)(C)C)[C@H]1CC[C@H]2[C@@H]3CC=C4CC(O[Si](C)(C)C(C)(C)C)CC[C@]4(C)[C@H]3CC[C@]12C. The molecule has 0 spiro atoms. The fourth-order valence-corrected chi connectivity index (χ4v) is 11.9. The van der Waals surface area contributed by atoms with Crippen LogP contribution in [0.4, 0.5) is 0 Å². The van der Waals surface area contributed by atoms with Crippen molar-refractivity contribution in [3.05, 3.63) is 23.8 Å². The minimum Gasteiger partial charge on any atom is -0.417 e. The predicted octanol–water partition coefficient (Wildman–Crippen LogP) is 12.0. The number of rotatable bonds is 9. The van der Waals surface area contributed by atoms with Gasteiger partial charge in [0.15, 0.2) is 16.6 Å². The van der Waals surface area contributed by atoms with Crippen LogP contribution in [0.3, 0.4) is 0 Å². The van der Waals surface area contributed by atoms with E-state index in [9.17, 15) is 0 Å². The van der Waals surface area contributed by atoms with Crippen LogP contribution in [0.1, 0.15) is 127 Å². The van der Waals surface area contributed by atoms with Crippen LogP contribution >= 0.6 is 0 Å². The zero-order chi connectivity index (χ0) is 31.4. The zero-order valence-electron chi connectivity index (χ0n) is 30.3. The van der Waals surface area contributed by atoms with Crippen LogP contribution in [-0.4, -0.2) is 29.3 Å². The van der Waals surface area contributed by atoms with Gasteiger partial charge in [-0.15, -0.1) is 0 Å². The van der Waals surface area contributed by atoms with Crippen molar-refractivity contribution < 1.29 is 8.85 Å². The van der Waals surface area contributed by atoms with Gasteiger partial charge in [-0.1, -0.05) is 86.1 Å². The maximum Gasteiger partial charge on any atom is 0.192 e. The van der Waals surface area contributed by atoms with Crippen molar-refractivity contribution in [1.82, 2.24) is 0 Å². The lowest BCUT2D eigenvalue weighted by atomic mass is 9.47. The number of fused-ring (bicyclic) bond motifs is 5. The Hall–Kier alpha value is -0.166. The van der Waals surface area contributed by atoms with Crippen LogP contribution in [0.5, 0.6) is 0 Å². The number of hydrogen-bond donors (Lipinski definition) is 0. The van der Waals surface area contributed by atoms with Crippen LogP contribution in [0.2, 0.25) is 36.3 Å². The molecule has 0 aromatic rings. The summed E-state index contributed by atoms with van der Waals surface area (Å²) in [5.74, 6) is 4.21. The molecule has 3 fully saturated rings. The third-order valence-corrected chi connectivity index (χ3v) is 23.3. The van der Waals surface area contributed by atoms with Gasteiger partial charge in [-0.05, 0) is 141 Å². The fraction of sp³-hybridized carbons (Fsp3) is 0.895. The molecule has 0 radical (unpaired) electrons. The Morgan fingerprint density at radius 2 is 1.57 bits per heavy atom. The molecule has 4 aliphatic carbocycles. The molecule has 0 saturated heterocycles. The molecule has 242 valence electrons. The van der Waals surface area contributed by atoms with Crippen molar-refractivity contribution >= 4 is 16.6 Å². The van der Waals surface area contributed by atoms with E-state index in [0.717, 1.165) is 43.1 Å². The van der Waals surface area contributed by atoms with E-state index in [1.54, 1.807) is 5.57 Å². The van der Waals surface area contributed by atoms with E-state index in [4.69, 9.17) is 8.85 Å². The first-order valence-electron chi connectivity index (χ1n) is 17.9. The van der Waals surface area contributed by atoms with Gasteiger partial charge in [0.1, 0.15) is 0 Å². The van der Waals surface area contributed by atoms with E-state index in [1.165, 1.54) is 51.4 Å². The highest BCUT2D eigenvalue weighted by Crippen LogP contribution is 2.67. The molecule has 0 bridgehead atoms. The van der Waals surface area contributed by atoms with Crippen LogP contribution in [0.25, 0.3) is 0 Å². The van der Waals surface area contributed by atoms with Crippen LogP contribution in [0.15, 0.2) is 23.8 Å². The first-order valence-corrected chi connectivity index (χ1v) is 23.7. The molecule has 0 aromatic heterocycles. The van der Waals surface area contributed by atoms with Gasteiger partial charge >= 0.3 is 0 Å². The van der Waals surface area contributed by atoms with Gasteiger partial charge in [-0.3, -0.25) is 0 Å². The second kappa shape index (κ2) is 12.2. The first kappa shape index (κ1) is 34.7. The second-order valence-electron chi connectivity index (χ2n) is 18.8. The molecule has 0 heterocycles. The van der Waals surface area contributed by atoms with Crippen LogP contribution in [-0.2, 0) is 8.85 Å². The van der Waals surface area contributed by atoms with Gasteiger partial charge in [0.05, 0.1) is 0 Å². The van der Waals surface area contributed by atoms with Gasteiger partial charge in [-0.2, -0.15) is 0 Å². The summed E-state index contributed by atoms with van der Waals surface area (Å²) in [5, 5.41) is 0.592. The summed E-state index contributed by atoms with van der Waals surface area (Å²) in [4.78, 5) is 0. The summed E-state index contributed by atoms with van der Waals surface area (Å²) in [5.41, 5.74) is 2.69. The standard InChI is InChI=1S/C38H70O2Si2/c1-28(17-15-14-16-26-39-41(10,11)35(2,3)4)32-20-21-33-31-19-18-29-27-30(40-42(12,13)36(5,6)7)22-24-37(29,8)34(31)23-25-38(32,33)9/h15,17-18,28,30-34H,14,16,19-27H2,1-13H3/t28-,30?,31+,32-,33+,34+,37+,38-/m1/s1. The lowest BCUT2D eigenvalue weighted by Gasteiger charge is -2.59. The van der Waals surface area contributed by atoms with Gasteiger partial charge < -0.3 is 8.85 Å². The molecular formula is C38H70O2Si2. The maximum absolute atomic E-state index is 6.97. The third kappa shape index (κ3) is 6.68. The summed E-state index contributed by atoms with van der Waals surface area (Å²) in [6.45, 7) is 32.6. The van der Waals surface area contributed by atoms with Crippen molar-refractivity contribution in [2.24, 2.45) is 40.4 Å². The lowest BCUT2D eigenvalue weighted by molar-refractivity contribution is -0.0532. The molecular weight excluding hydrogens is 545 g/mol. The smallest absolute Gasteiger partial charge is 0.192 e. The van der Waals surface area contributed by atoms with Crippen molar-refractivity contribution in [3.63, 3.8) is 0 Å². The van der Waals surface area contributed by atoms with Gasteiger partial charge in [0.2, 0.25) is 0 Å². The monoisotopic (exact) mass is 614 g/mol. The topological polar surface area (TPSA) is 18.5 Å². The molecule has 42 heavy (non-hydrogen) atoms. The highest BCUT2D eigenvalue weighted by Gasteiger charge is 2.59. The molecule has 1 unspecified atom stereocenters. The summed E-state index contributed by atoms with van der Waals surface area (Å²) in [6, 6.07) is 0. The maximum atomic E-state index is 6.97. The normalized spacial score (nSPS) is 36.8. The molecule has 8 atom stereocenters. The van der Waals surface area contributed by atoms with E-state index in [1.807, 2.05) is 0 Å². The molecule has 2 nitrogen and oxygen atoms in total. The number of hydrogen-bond acceptors (Lipinski definition) is 2. The highest BCUT2D eigenvalue weighted by atomic mass is 28.4. The van der Waals surface area contributed by atoms with Crippen LogP contribution < -0.4 is 0 Å². The number of unbranched alkanes of at least 4 members (excludes halogenated alkanes) is 1. The molecule has 0 N–H and O–H groups in total. The Labute approximate surface area is 264 Å². The largest absolute Gasteiger partial charge is 0.417 e. The quantitative estimate of drug-likeness (QED) is 0.146. The predicted molar refractivity (Wildman–Crippen MR) is 188 cm³/mol. The van der Waals surface area contributed by atoms with Gasteiger partial charge in [0.25, 0.3) is 0 Å². The van der Waals surface area contributed by atoms with Gasteiger partial charge in [0, 0.05) is 12.7 Å². The van der Waals surface area contributed by atoms with E-state index >= 15 is 0 Å². The summed E-state index contributed by atoms with van der Waals surface area (Å²) >= 11 is 0. The summed E-state index contributed by atoms with van der Waals surface area (Å²) < 4.78 is 13.4. The van der Waals surface area contributed by atoms with E-state index in [2.05, 4.69) is 107 Å². The van der Waals surface area contributed by atoms with Crippen molar-refractivity contribution in [2.45, 2.75) is 169 Å². The second-order valence-corrected chi connectivity index (χ2v) is 28.3. The Bertz CT molecular complexity index is 998. The molecule has 4 rings (SSSR count). The Kier molecular flexibility index (Phi) is 10.1. The average molecular weight is 615 g/mol. The Balaban J connectivity index is 1.35. The van der Waals surface area contributed by atoms with Crippen molar-refractivity contribution in [1.29, 1.82) is 0 Å². The average Bonchev–Trinajstić information content (AvgIpc) is 3.22. The first-order chi connectivity index (χ1) is 19.2. The van der Waals surface area contributed by atoms with E-state index in [-0.39, 0.29) is 5.04 Å². The molecule has 3 saturated carbocycles. The van der Waals surface area contributed by atoms with Gasteiger partial charge in [-0.25, -0.2) is 0 Å². The minimum absolute atomic E-state index is 0.290. The lowest BCUT2D eigenvalue weighted by Crippen LogP contribution is -2.52. The molecule has 4 heteroatoms. The number of allylic oxidation sites excluding steroid dienone is 3. The molecule has 0 aliphatic heterocycles. The third-order valence-electron chi connectivity index (χ3n) is 14.3. The van der Waals surface area contributed by atoms with Crippen LogP contribution in [0, 0.1) is 40.4 Å². The fourth-order valence-electron chi connectivity index (χ4n) is 9.42. The molecule has 4 aliphatic rings. The van der Waals surface area contributed by atoms with Crippen molar-refractivity contribution in [3.8, 4) is 0 Å². The van der Waals surface area contributed by atoms with E-state index in [0.29, 0.717) is 27.9 Å². The zero-order valence-corrected chi connectivity index (χ0v) is 32.3. The van der Waals surface area contributed by atoms with Crippen molar-refractivity contribution in [2.75, 3.05) is 6.61 Å². The summed E-state index contributed by atoms with van der Waals surface area (Å²) in [7, 11) is -3.34. The Morgan fingerprint density at radius 1 is 0.905 bits per heavy atom. The highest BCUT2D eigenvalue weighted by molar-refractivity contribution is 6.74. The minimum atomic E-state index is -1.72. The molecule has 0 aromatic carbocycles. The Morgan fingerprint density at radius 3 is 2.21 bits per heavy atom. The van der Waals surface area contributed by atoms with E-state index < -0.39 is 16.6 Å². The summed E-state index contributed by atoms with van der Waals surface area (Å²) in [6.07, 6.45) is 21.4.